The van der Waals surface area contributed by atoms with E-state index in [1.807, 2.05) is 36.4 Å². The minimum absolute atomic E-state index is 0.00484. The number of benzene rings is 1. The number of carboxylic acid groups (broad SMARTS) is 1. The van der Waals surface area contributed by atoms with Gasteiger partial charge >= 0.3 is 5.97 Å². The van der Waals surface area contributed by atoms with Crippen LogP contribution in [-0.2, 0) is 16.0 Å². The molecule has 1 amide bonds. The van der Waals surface area contributed by atoms with Gasteiger partial charge in [-0.2, -0.15) is 0 Å². The highest BCUT2D eigenvalue weighted by Crippen LogP contribution is 2.48. The summed E-state index contributed by atoms with van der Waals surface area (Å²) in [5.41, 5.74) is 1.89. The molecule has 1 aromatic rings. The van der Waals surface area contributed by atoms with Crippen molar-refractivity contribution in [1.82, 2.24) is 0 Å². The number of allylic oxidation sites excluding steroid dienone is 2. The van der Waals surface area contributed by atoms with E-state index in [2.05, 4.69) is 12.2 Å². The van der Waals surface area contributed by atoms with E-state index in [4.69, 9.17) is 0 Å². The molecule has 0 aliphatic heterocycles. The van der Waals surface area contributed by atoms with Crippen molar-refractivity contribution >= 4 is 17.6 Å². The highest BCUT2D eigenvalue weighted by Gasteiger charge is 2.51. The Morgan fingerprint density at radius 3 is 2.62 bits per heavy atom. The number of nitrogens with one attached hydrogen (secondary N) is 1. The van der Waals surface area contributed by atoms with Gasteiger partial charge in [-0.05, 0) is 42.4 Å². The number of amides is 1. The number of hydrogen-bond acceptors (Lipinski definition) is 2. The maximum absolute atomic E-state index is 12.5. The fourth-order valence-corrected chi connectivity index (χ4v) is 3.61. The van der Waals surface area contributed by atoms with Gasteiger partial charge in [0.05, 0.1) is 11.8 Å². The van der Waals surface area contributed by atoms with Crippen LogP contribution in [-0.4, -0.2) is 17.0 Å². The number of hydrogen-bond donors (Lipinski definition) is 2. The van der Waals surface area contributed by atoms with E-state index in [0.29, 0.717) is 0 Å². The van der Waals surface area contributed by atoms with Crippen LogP contribution in [0.1, 0.15) is 18.9 Å². The minimum Gasteiger partial charge on any atom is -0.481 e. The molecule has 0 saturated heterocycles. The van der Waals surface area contributed by atoms with Crippen LogP contribution in [0, 0.1) is 23.7 Å². The zero-order valence-electron chi connectivity index (χ0n) is 12.0. The number of carbonyl (C=O) groups excluding carboxylic acids is 1. The average Bonchev–Trinajstić information content (AvgIpc) is 3.07. The Bertz CT molecular complexity index is 608. The van der Waals surface area contributed by atoms with Crippen molar-refractivity contribution in [1.29, 1.82) is 0 Å². The highest BCUT2D eigenvalue weighted by atomic mass is 16.4. The molecule has 1 fully saturated rings. The summed E-state index contributed by atoms with van der Waals surface area (Å²) in [5.74, 6) is -2.02. The summed E-state index contributed by atoms with van der Waals surface area (Å²) >= 11 is 0. The third kappa shape index (κ3) is 2.46. The first-order valence-corrected chi connectivity index (χ1v) is 7.41. The van der Waals surface area contributed by atoms with Gasteiger partial charge in [0.1, 0.15) is 0 Å². The van der Waals surface area contributed by atoms with Crippen molar-refractivity contribution in [2.45, 2.75) is 19.8 Å². The summed E-state index contributed by atoms with van der Waals surface area (Å²) in [5, 5.41) is 12.3. The summed E-state index contributed by atoms with van der Waals surface area (Å²) in [7, 11) is 0. The molecule has 0 unspecified atom stereocenters. The van der Waals surface area contributed by atoms with Crippen molar-refractivity contribution in [3.63, 3.8) is 0 Å². The first-order valence-electron chi connectivity index (χ1n) is 7.41. The number of aryl methyl sites for hydroxylation is 1. The number of fused-ring (bicyclic) bond motifs is 2. The van der Waals surface area contributed by atoms with Gasteiger partial charge in [0.2, 0.25) is 5.91 Å². The average molecular weight is 285 g/mol. The Labute approximate surface area is 123 Å². The van der Waals surface area contributed by atoms with Crippen LogP contribution in [0.3, 0.4) is 0 Å². The Hall–Kier alpha value is -2.10. The summed E-state index contributed by atoms with van der Waals surface area (Å²) in [4.78, 5) is 24.0. The van der Waals surface area contributed by atoms with Crippen LogP contribution in [0.15, 0.2) is 36.4 Å². The minimum atomic E-state index is -0.866. The van der Waals surface area contributed by atoms with E-state index < -0.39 is 17.8 Å². The smallest absolute Gasteiger partial charge is 0.307 e. The molecule has 4 nitrogen and oxygen atoms in total. The molecular weight excluding hydrogens is 266 g/mol. The first kappa shape index (κ1) is 13.9. The van der Waals surface area contributed by atoms with Gasteiger partial charge in [0.15, 0.2) is 0 Å². The van der Waals surface area contributed by atoms with E-state index in [1.54, 1.807) is 0 Å². The van der Waals surface area contributed by atoms with Gasteiger partial charge in [0.25, 0.3) is 0 Å². The third-order valence-electron chi connectivity index (χ3n) is 4.65. The van der Waals surface area contributed by atoms with E-state index in [0.717, 1.165) is 24.1 Å². The lowest BCUT2D eigenvalue weighted by Crippen LogP contribution is -2.36. The first-order chi connectivity index (χ1) is 10.1. The second-order valence-corrected chi connectivity index (χ2v) is 5.88. The van der Waals surface area contributed by atoms with E-state index >= 15 is 0 Å². The van der Waals surface area contributed by atoms with E-state index in [-0.39, 0.29) is 17.7 Å². The monoisotopic (exact) mass is 285 g/mol. The molecule has 4 heteroatoms. The van der Waals surface area contributed by atoms with Crippen molar-refractivity contribution < 1.29 is 14.7 Å². The molecule has 2 aliphatic rings. The summed E-state index contributed by atoms with van der Waals surface area (Å²) in [6, 6.07) is 7.70. The molecule has 4 atom stereocenters. The molecular formula is C17H19NO3. The fourth-order valence-electron chi connectivity index (χ4n) is 3.61. The van der Waals surface area contributed by atoms with Crippen molar-refractivity contribution in [3.8, 4) is 0 Å². The SMILES string of the molecule is CCc1cccc(NC(=O)[C@@H]2[C@@H](C(=O)O)[C@H]3C=C[C@@H]2C3)c1. The standard InChI is InChI=1S/C17H19NO3/c1-2-10-4-3-5-13(8-10)18-16(19)14-11-6-7-12(9-11)15(14)17(20)21/h3-8,11-12,14-15H,2,9H2,1H3,(H,18,19)(H,20,21)/t11-,12+,14+,15+/m1/s1. The molecule has 21 heavy (non-hydrogen) atoms. The number of anilines is 1. The van der Waals surface area contributed by atoms with Gasteiger partial charge < -0.3 is 10.4 Å². The normalized spacial score (nSPS) is 29.6. The van der Waals surface area contributed by atoms with Gasteiger partial charge in [-0.1, -0.05) is 31.2 Å². The maximum Gasteiger partial charge on any atom is 0.307 e. The molecule has 0 spiro atoms. The van der Waals surface area contributed by atoms with Gasteiger partial charge in [-0.3, -0.25) is 9.59 Å². The predicted octanol–water partition coefficient (Wildman–Crippen LogP) is 2.71. The lowest BCUT2D eigenvalue weighted by Gasteiger charge is -2.23. The summed E-state index contributed by atoms with van der Waals surface area (Å²) in [6.45, 7) is 2.06. The molecule has 110 valence electrons. The van der Waals surface area contributed by atoms with Gasteiger partial charge in [0, 0.05) is 5.69 Å². The quantitative estimate of drug-likeness (QED) is 0.836. The predicted molar refractivity (Wildman–Crippen MR) is 79.8 cm³/mol. The van der Waals surface area contributed by atoms with Crippen LogP contribution in [0.5, 0.6) is 0 Å². The zero-order valence-corrected chi connectivity index (χ0v) is 12.0. The maximum atomic E-state index is 12.5. The zero-order chi connectivity index (χ0) is 15.0. The molecule has 1 aromatic carbocycles. The van der Waals surface area contributed by atoms with Crippen LogP contribution in [0.4, 0.5) is 5.69 Å². The number of carbonyl (C=O) groups is 2. The van der Waals surface area contributed by atoms with Gasteiger partial charge in [-0.15, -0.1) is 0 Å². The molecule has 2 N–H and O–H groups in total. The van der Waals surface area contributed by atoms with Crippen LogP contribution < -0.4 is 5.32 Å². The molecule has 3 rings (SSSR count). The lowest BCUT2D eigenvalue weighted by atomic mass is 9.82. The number of rotatable bonds is 4. The second kappa shape index (κ2) is 5.35. The molecule has 0 aromatic heterocycles. The second-order valence-electron chi connectivity index (χ2n) is 5.88. The van der Waals surface area contributed by atoms with E-state index in [1.165, 1.54) is 0 Å². The van der Waals surface area contributed by atoms with Crippen molar-refractivity contribution in [3.05, 3.63) is 42.0 Å². The van der Waals surface area contributed by atoms with E-state index in [9.17, 15) is 14.7 Å². The Morgan fingerprint density at radius 2 is 1.95 bits per heavy atom. The van der Waals surface area contributed by atoms with Crippen LogP contribution in [0.2, 0.25) is 0 Å². The lowest BCUT2D eigenvalue weighted by molar-refractivity contribution is -0.146. The summed E-state index contributed by atoms with van der Waals surface area (Å²) < 4.78 is 0. The Morgan fingerprint density at radius 1 is 1.24 bits per heavy atom. The largest absolute Gasteiger partial charge is 0.481 e. The van der Waals surface area contributed by atoms with Crippen LogP contribution >= 0.6 is 0 Å². The van der Waals surface area contributed by atoms with Crippen molar-refractivity contribution in [2.24, 2.45) is 23.7 Å². The molecule has 2 aliphatic carbocycles. The fraction of sp³-hybridized carbons (Fsp3) is 0.412. The summed E-state index contributed by atoms with van der Waals surface area (Å²) in [6.07, 6.45) is 5.63. The molecule has 1 saturated carbocycles. The number of aliphatic carboxylic acids is 1. The van der Waals surface area contributed by atoms with Crippen LogP contribution in [0.25, 0.3) is 0 Å². The van der Waals surface area contributed by atoms with Crippen molar-refractivity contribution in [2.75, 3.05) is 5.32 Å². The molecule has 2 bridgehead atoms. The molecule has 0 heterocycles. The molecule has 0 radical (unpaired) electrons. The highest BCUT2D eigenvalue weighted by molar-refractivity contribution is 5.96. The Balaban J connectivity index is 1.78. The van der Waals surface area contributed by atoms with Gasteiger partial charge in [-0.25, -0.2) is 0 Å². The topological polar surface area (TPSA) is 66.4 Å². The Kier molecular flexibility index (Phi) is 3.53. The third-order valence-corrected chi connectivity index (χ3v) is 4.65. The number of carboxylic acids is 1.